The predicted octanol–water partition coefficient (Wildman–Crippen LogP) is 14.6. The average molecular weight is 1950 g/mol. The number of aryl methyl sites for hydroxylation is 5. The number of nitrogens with one attached hydrogen (secondary N) is 11. The molecule has 1 unspecified atom stereocenters. The van der Waals surface area contributed by atoms with Crippen LogP contribution in [0.5, 0.6) is 70.6 Å². The third kappa shape index (κ3) is 16.1. The number of rotatable bonds is 18. The Kier molecular flexibility index (Phi) is 22.7. The minimum Gasteiger partial charge on any atom is -0.473 e. The van der Waals surface area contributed by atoms with E-state index in [4.69, 9.17) is 60.3 Å². The molecule has 18 heterocycles. The molecule has 46 heteroatoms. The molecule has 5 aromatic carbocycles. The first kappa shape index (κ1) is 90.6. The lowest BCUT2D eigenvalue weighted by atomic mass is 9.85. The number of benzene rings is 5. The second-order valence-corrected chi connectivity index (χ2v) is 35.4. The maximum absolute atomic E-state index is 15.0. The highest BCUT2D eigenvalue weighted by Crippen LogP contribution is 2.56. The minimum atomic E-state index is -0.422. The van der Waals surface area contributed by atoms with Gasteiger partial charge in [0.25, 0.3) is 0 Å². The zero-order valence-corrected chi connectivity index (χ0v) is 78.6. The number of anilines is 5. The molecular weight excluding hydrogens is 1860 g/mol. The van der Waals surface area contributed by atoms with Gasteiger partial charge in [0.2, 0.25) is 11.8 Å². The van der Waals surface area contributed by atoms with Gasteiger partial charge in [0.05, 0.1) is 151 Å². The minimum absolute atomic E-state index is 0.0508. The summed E-state index contributed by atoms with van der Waals surface area (Å²) >= 11 is 0. The summed E-state index contributed by atoms with van der Waals surface area (Å²) in [5.41, 5.74) is 33.5. The van der Waals surface area contributed by atoms with E-state index in [9.17, 15) is 22.0 Å². The number of aromatic nitrogens is 25. The van der Waals surface area contributed by atoms with E-state index in [2.05, 4.69) is 147 Å². The van der Waals surface area contributed by atoms with Gasteiger partial charge in [0.1, 0.15) is 98.7 Å². The van der Waals surface area contributed by atoms with E-state index in [-0.39, 0.29) is 102 Å². The monoisotopic (exact) mass is 1950 g/mol. The van der Waals surface area contributed by atoms with Crippen molar-refractivity contribution >= 4 is 144 Å². The normalized spacial score (nSPS) is 17.1. The Morgan fingerprint density at radius 3 is 1.06 bits per heavy atom. The molecule has 144 heavy (non-hydrogen) atoms. The number of allylic oxidation sites excluding steroid dienone is 1. The number of H-pyrrole nitrogens is 5. The molecular formula is C98H89F5N34O7. The number of aromatic amines is 5. The van der Waals surface area contributed by atoms with Crippen LogP contribution in [-0.2, 0) is 32.1 Å². The Hall–Kier alpha value is -17.3. The first-order valence-electron chi connectivity index (χ1n) is 46.3. The van der Waals surface area contributed by atoms with Crippen molar-refractivity contribution in [1.29, 1.82) is 0 Å². The number of hydrogen-bond acceptors (Lipinski definition) is 36. The van der Waals surface area contributed by atoms with Gasteiger partial charge in [-0.15, -0.1) is 0 Å². The van der Waals surface area contributed by atoms with E-state index in [0.29, 0.717) is 226 Å². The van der Waals surface area contributed by atoms with E-state index in [1.807, 2.05) is 19.1 Å². The van der Waals surface area contributed by atoms with Crippen LogP contribution in [0.3, 0.4) is 0 Å². The molecule has 27 rings (SSSR count). The summed E-state index contributed by atoms with van der Waals surface area (Å²) in [6.45, 7) is 10.4. The second kappa shape index (κ2) is 36.1. The number of fused-ring (bicyclic) bond motifs is 4. The second-order valence-electron chi connectivity index (χ2n) is 35.4. The van der Waals surface area contributed by atoms with Crippen LogP contribution in [0.15, 0.2) is 98.4 Å². The lowest BCUT2D eigenvalue weighted by molar-refractivity contribution is 0.188. The number of ether oxygens (including phenoxy) is 7. The Morgan fingerprint density at radius 2 is 0.688 bits per heavy atom. The summed E-state index contributed by atoms with van der Waals surface area (Å²) in [6, 6.07) is 8.35. The first-order chi connectivity index (χ1) is 69.9. The number of halogens is 5. The quantitative estimate of drug-likeness (QED) is 0.0355. The van der Waals surface area contributed by atoms with E-state index >= 15 is 0 Å². The van der Waals surface area contributed by atoms with Gasteiger partial charge in [-0.2, -0.15) is 49.8 Å². The average Bonchev–Trinajstić information content (AvgIpc) is 1.54. The molecule has 17 N–H and O–H groups in total. The van der Waals surface area contributed by atoms with Crippen molar-refractivity contribution in [3.63, 3.8) is 0 Å². The molecule has 20 aromatic rings. The summed E-state index contributed by atoms with van der Waals surface area (Å²) in [4.78, 5) is 103. The van der Waals surface area contributed by atoms with Crippen LogP contribution in [0.4, 0.5) is 50.4 Å². The van der Waals surface area contributed by atoms with Gasteiger partial charge in [-0.25, -0.2) is 71.8 Å². The van der Waals surface area contributed by atoms with Crippen LogP contribution >= 0.6 is 0 Å². The molecule has 4 aliphatic carbocycles. The van der Waals surface area contributed by atoms with Crippen LogP contribution in [0, 0.1) is 69.6 Å². The number of nitrogens with two attached hydrogens (primary N) is 3. The lowest BCUT2D eigenvalue weighted by Gasteiger charge is -2.37. The van der Waals surface area contributed by atoms with E-state index in [0.717, 1.165) is 77.8 Å². The molecule has 0 amide bonds. The van der Waals surface area contributed by atoms with Crippen LogP contribution in [0.25, 0.3) is 116 Å². The maximum atomic E-state index is 15.0. The molecule has 7 aliphatic rings. The largest absolute Gasteiger partial charge is 0.473 e. The molecule has 2 fully saturated rings. The standard InChI is InChI=1S/C20H20FN7O2.2C20H18FN7O.C19H18FN7O2.C19H15FN6O/c1-9-24-7-11(8-25-9)30-20-27-18-16-15-12(5-10(3-4-22)29-19(16)28-20)13(21)6-14(23-2)17(15)26-18;1-8-23-5-9(6-24-8)29-20-27-17-11-7-25-13(11)3-10-12(21)4-14(22-2)18-15(10)16(17)19(26-18)28-20;1-7-24-5-8(6-25-7)29-20-27-18-14-10(16(14)22)3-9-11(21)4-12(23-2)17-13(9)15(18)19(26-17)28-20;1-8-23-6-10(7-24-8)29-19-26-17-15-14-11(3-9(5-21)28-18(15)27-19)12(20)4-13(22-2)16(14)25-17;1-9-22-7-10(8-23-9)27-19-24-13-5-3-4-11-12(20)6-14(21-2)17-15(11)16(13)18(25-17)26-19/h6-8,10,23H,3-5,22H2,1-2H3,(H,26,27,28);4-6,11,13,22,25H,3,7H2,1-2H3,(H,26,27,28);4-6,10,14,16,23H,3,22H2,1-2H3,(H,26,27,28);4,6-7,9,22H,3,5,21H2,1-2H3,(H,25,26,27);3,5-8,21H,4H2,1-2H3,(H,24,25,26)/t10-;11-,13+;10-,14?,16+;9-;/m0011./s1. The molecule has 0 bridgehead atoms. The van der Waals surface area contributed by atoms with Crippen LogP contribution in [0.2, 0.25) is 0 Å². The van der Waals surface area contributed by atoms with Gasteiger partial charge in [0, 0.05) is 139 Å². The summed E-state index contributed by atoms with van der Waals surface area (Å²) in [5, 5.41) is 26.3. The Balaban J connectivity index is 0.0000000997. The SMILES string of the molecule is CNc1cc(F)c2c3c1[nH]c1nc(Oc4cnc(C)nc4)nc(c13)C1[C@@H](N)[C@@H]1C2.CNc1cc(F)c2c3c1[nH]c1nc(Oc4cnc(C)nc4)nc(c13)C=CC2.CNc1cc(F)c2c3c1[nH]c1nc(Oc4cnc(C)nc4)nc(c13)O[C@@H](CCN)C2.CNc1cc(F)c2c3c1[nH]c1nc(Oc4cnc(C)nc4)nc(c13)O[C@@H](CN)C2.CNc1cc(F)c2c3c1[nH]c1nc(Oc4cnc(C)nc4)nc(c13)[C@H]1CN[C@@H]1C2. The van der Waals surface area contributed by atoms with Crippen molar-refractivity contribution < 1.29 is 55.1 Å². The van der Waals surface area contributed by atoms with Gasteiger partial charge < -0.3 is 107 Å². The predicted molar refractivity (Wildman–Crippen MR) is 527 cm³/mol. The Bertz CT molecular complexity index is 8470. The van der Waals surface area contributed by atoms with Crippen molar-refractivity contribution in [2.45, 2.75) is 109 Å². The molecule has 1 saturated carbocycles. The fraction of sp³-hybridized carbons (Fsp3) is 0.265. The van der Waals surface area contributed by atoms with E-state index < -0.39 is 6.10 Å². The molecule has 7 atom stereocenters. The maximum Gasteiger partial charge on any atom is 0.327 e. The smallest absolute Gasteiger partial charge is 0.327 e. The van der Waals surface area contributed by atoms with Crippen molar-refractivity contribution in [2.75, 3.05) is 81.5 Å². The fourth-order valence-electron chi connectivity index (χ4n) is 19.7. The highest BCUT2D eigenvalue weighted by atomic mass is 19.1. The highest BCUT2D eigenvalue weighted by molar-refractivity contribution is 6.19. The van der Waals surface area contributed by atoms with Crippen LogP contribution < -0.4 is 82.3 Å². The van der Waals surface area contributed by atoms with E-state index in [1.165, 1.54) is 36.7 Å². The van der Waals surface area contributed by atoms with Gasteiger partial charge in [-0.1, -0.05) is 6.08 Å². The molecule has 0 spiro atoms. The molecule has 728 valence electrons. The number of hydrogen-bond donors (Lipinski definition) is 14. The molecule has 1 saturated heterocycles. The first-order valence-corrected chi connectivity index (χ1v) is 46.3. The van der Waals surface area contributed by atoms with Crippen molar-refractivity contribution in [3.05, 3.63) is 201 Å². The van der Waals surface area contributed by atoms with Gasteiger partial charge in [0.15, 0.2) is 28.7 Å². The zero-order valence-electron chi connectivity index (χ0n) is 78.6. The van der Waals surface area contributed by atoms with Crippen LogP contribution in [-0.4, -0.2) is 204 Å². The van der Waals surface area contributed by atoms with Crippen molar-refractivity contribution in [3.8, 4) is 70.6 Å². The van der Waals surface area contributed by atoms with Gasteiger partial charge in [-0.05, 0) is 120 Å². The summed E-state index contributed by atoms with van der Waals surface area (Å²) < 4.78 is 115. The fourth-order valence-corrected chi connectivity index (χ4v) is 19.7. The van der Waals surface area contributed by atoms with E-state index in [1.54, 1.807) is 119 Å². The van der Waals surface area contributed by atoms with Gasteiger partial charge in [-0.3, -0.25) is 0 Å². The third-order valence-electron chi connectivity index (χ3n) is 26.6. The highest BCUT2D eigenvalue weighted by Gasteiger charge is 2.53. The third-order valence-corrected chi connectivity index (χ3v) is 26.6. The molecule has 0 radical (unpaired) electrons. The van der Waals surface area contributed by atoms with Crippen molar-refractivity contribution in [2.24, 2.45) is 23.1 Å². The Morgan fingerprint density at radius 1 is 0.368 bits per heavy atom. The lowest BCUT2D eigenvalue weighted by Crippen LogP contribution is -2.52. The zero-order chi connectivity index (χ0) is 99.1. The van der Waals surface area contributed by atoms with Crippen LogP contribution in [0.1, 0.15) is 92.3 Å². The summed E-state index contributed by atoms with van der Waals surface area (Å²) in [5.74, 6) is 5.09. The Labute approximate surface area is 811 Å². The topological polar surface area (TPSA) is 552 Å². The van der Waals surface area contributed by atoms with Crippen molar-refractivity contribution in [1.82, 2.24) is 130 Å². The molecule has 3 aliphatic heterocycles. The molecule has 41 nitrogen and oxygen atoms in total. The summed E-state index contributed by atoms with van der Waals surface area (Å²) in [7, 11) is 8.78. The molecule has 15 aromatic heterocycles. The summed E-state index contributed by atoms with van der Waals surface area (Å²) in [6.07, 6.45) is 21.7. The number of nitrogens with zero attached hydrogens (tertiary/aromatic N) is 20. The van der Waals surface area contributed by atoms with Gasteiger partial charge >= 0.3 is 30.1 Å².